The molecule has 1 aliphatic rings. The number of para-hydroxylation sites is 1. The van der Waals surface area contributed by atoms with Crippen LogP contribution in [0.2, 0.25) is 0 Å². The summed E-state index contributed by atoms with van der Waals surface area (Å²) >= 11 is 0. The lowest BCUT2D eigenvalue weighted by Gasteiger charge is -2.32. The Labute approximate surface area is 109 Å². The fraction of sp³-hybridized carbons (Fsp3) is 0.533. The molecule has 1 aromatic carbocycles. The van der Waals surface area contributed by atoms with Crippen LogP contribution in [-0.2, 0) is 4.79 Å². The molecule has 1 fully saturated rings. The molecule has 1 aromatic rings. The second-order valence-corrected chi connectivity index (χ2v) is 5.00. The summed E-state index contributed by atoms with van der Waals surface area (Å²) in [5, 5.41) is 0. The van der Waals surface area contributed by atoms with Crippen LogP contribution in [0.15, 0.2) is 30.3 Å². The van der Waals surface area contributed by atoms with Crippen LogP contribution in [0.1, 0.15) is 33.1 Å². The van der Waals surface area contributed by atoms with E-state index < -0.39 is 5.60 Å². The molecule has 0 aliphatic carbocycles. The molecule has 1 saturated heterocycles. The maximum absolute atomic E-state index is 12.5. The Bertz CT molecular complexity index is 398. The number of carbonyl (C=O) groups excluding carboxylic acids is 1. The summed E-state index contributed by atoms with van der Waals surface area (Å²) in [6, 6.07) is 9.58. The lowest BCUT2D eigenvalue weighted by Crippen LogP contribution is -2.49. The van der Waals surface area contributed by atoms with E-state index >= 15 is 0 Å². The number of nitrogens with zero attached hydrogens (tertiary/aromatic N) is 1. The molecule has 98 valence electrons. The Kier molecular flexibility index (Phi) is 3.90. The van der Waals surface area contributed by atoms with Gasteiger partial charge in [0.25, 0.3) is 5.91 Å². The predicted octanol–water partition coefficient (Wildman–Crippen LogP) is 2.86. The van der Waals surface area contributed by atoms with Gasteiger partial charge in [-0.25, -0.2) is 0 Å². The Balaban J connectivity index is 2.11. The SMILES string of the molecule is CC[C@](C)(Oc1ccccc1)C(=O)N1CCCC1. The quantitative estimate of drug-likeness (QED) is 0.818. The first-order valence-corrected chi connectivity index (χ1v) is 6.69. The van der Waals surface area contributed by atoms with Gasteiger partial charge in [0.1, 0.15) is 5.75 Å². The van der Waals surface area contributed by atoms with Crippen molar-refractivity contribution in [3.05, 3.63) is 30.3 Å². The van der Waals surface area contributed by atoms with Crippen LogP contribution >= 0.6 is 0 Å². The lowest BCUT2D eigenvalue weighted by molar-refractivity contribution is -0.146. The number of ether oxygens (including phenoxy) is 1. The molecule has 0 N–H and O–H groups in total. The second-order valence-electron chi connectivity index (χ2n) is 5.00. The van der Waals surface area contributed by atoms with E-state index in [9.17, 15) is 4.79 Å². The van der Waals surface area contributed by atoms with Gasteiger partial charge in [0.05, 0.1) is 0 Å². The van der Waals surface area contributed by atoms with Gasteiger partial charge < -0.3 is 9.64 Å². The van der Waals surface area contributed by atoms with Crippen LogP contribution in [0.5, 0.6) is 5.75 Å². The minimum atomic E-state index is -0.744. The fourth-order valence-electron chi connectivity index (χ4n) is 2.27. The van der Waals surface area contributed by atoms with E-state index in [-0.39, 0.29) is 5.91 Å². The van der Waals surface area contributed by atoms with E-state index in [0.717, 1.165) is 31.7 Å². The topological polar surface area (TPSA) is 29.5 Å². The van der Waals surface area contributed by atoms with Gasteiger partial charge in [0, 0.05) is 13.1 Å². The first-order chi connectivity index (χ1) is 8.65. The van der Waals surface area contributed by atoms with Crippen LogP contribution in [0.3, 0.4) is 0 Å². The average Bonchev–Trinajstić information content (AvgIpc) is 2.92. The lowest BCUT2D eigenvalue weighted by atomic mass is 10.0. The van der Waals surface area contributed by atoms with Crippen molar-refractivity contribution in [1.82, 2.24) is 4.90 Å². The van der Waals surface area contributed by atoms with Gasteiger partial charge in [0.15, 0.2) is 5.60 Å². The van der Waals surface area contributed by atoms with Crippen LogP contribution in [0.25, 0.3) is 0 Å². The number of benzene rings is 1. The van der Waals surface area contributed by atoms with Gasteiger partial charge >= 0.3 is 0 Å². The van der Waals surface area contributed by atoms with Gasteiger partial charge in [-0.15, -0.1) is 0 Å². The first kappa shape index (κ1) is 12.9. The number of rotatable bonds is 4. The zero-order chi connectivity index (χ0) is 13.0. The molecule has 0 radical (unpaired) electrons. The van der Waals surface area contributed by atoms with E-state index in [1.807, 2.05) is 49.1 Å². The van der Waals surface area contributed by atoms with E-state index in [1.165, 1.54) is 0 Å². The van der Waals surface area contributed by atoms with Crippen LogP contribution in [0.4, 0.5) is 0 Å². The van der Waals surface area contributed by atoms with E-state index in [0.29, 0.717) is 6.42 Å². The Morgan fingerprint density at radius 1 is 1.28 bits per heavy atom. The molecule has 1 aliphatic heterocycles. The summed E-state index contributed by atoms with van der Waals surface area (Å²) in [6.07, 6.45) is 2.89. The summed E-state index contributed by atoms with van der Waals surface area (Å²) in [4.78, 5) is 14.4. The van der Waals surface area contributed by atoms with Gasteiger partial charge in [-0.1, -0.05) is 25.1 Å². The molecular weight excluding hydrogens is 226 g/mol. The molecule has 18 heavy (non-hydrogen) atoms. The van der Waals surface area contributed by atoms with Gasteiger partial charge in [0.2, 0.25) is 0 Å². The summed E-state index contributed by atoms with van der Waals surface area (Å²) in [7, 11) is 0. The molecule has 1 heterocycles. The highest BCUT2D eigenvalue weighted by Crippen LogP contribution is 2.24. The molecule has 1 atom stereocenters. The highest BCUT2D eigenvalue weighted by atomic mass is 16.5. The zero-order valence-electron chi connectivity index (χ0n) is 11.2. The van der Waals surface area contributed by atoms with Crippen LogP contribution in [-0.4, -0.2) is 29.5 Å². The van der Waals surface area contributed by atoms with Gasteiger partial charge in [-0.2, -0.15) is 0 Å². The van der Waals surface area contributed by atoms with E-state index in [2.05, 4.69) is 0 Å². The maximum Gasteiger partial charge on any atom is 0.266 e. The van der Waals surface area contributed by atoms with Crippen molar-refractivity contribution in [3.63, 3.8) is 0 Å². The summed E-state index contributed by atoms with van der Waals surface area (Å²) in [5.41, 5.74) is -0.744. The van der Waals surface area contributed by atoms with Crippen LogP contribution in [0, 0.1) is 0 Å². The molecule has 0 saturated carbocycles. The molecule has 0 bridgehead atoms. The first-order valence-electron chi connectivity index (χ1n) is 6.69. The number of hydrogen-bond donors (Lipinski definition) is 0. The minimum Gasteiger partial charge on any atom is -0.478 e. The van der Waals surface area contributed by atoms with Crippen molar-refractivity contribution in [2.45, 2.75) is 38.7 Å². The Morgan fingerprint density at radius 2 is 1.89 bits per heavy atom. The third kappa shape index (κ3) is 2.66. The summed E-state index contributed by atoms with van der Waals surface area (Å²) < 4.78 is 5.93. The molecule has 1 amide bonds. The van der Waals surface area contributed by atoms with E-state index in [4.69, 9.17) is 4.74 Å². The molecule has 3 heteroatoms. The van der Waals surface area contributed by atoms with Gasteiger partial charge in [-0.3, -0.25) is 4.79 Å². The monoisotopic (exact) mass is 247 g/mol. The minimum absolute atomic E-state index is 0.117. The van der Waals surface area contributed by atoms with Gasteiger partial charge in [-0.05, 0) is 38.3 Å². The number of likely N-dealkylation sites (tertiary alicyclic amines) is 1. The summed E-state index contributed by atoms with van der Waals surface area (Å²) in [6.45, 7) is 5.62. The Hall–Kier alpha value is -1.51. The van der Waals surface area contributed by atoms with Crippen molar-refractivity contribution in [2.75, 3.05) is 13.1 Å². The van der Waals surface area contributed by atoms with Crippen molar-refractivity contribution in [2.24, 2.45) is 0 Å². The van der Waals surface area contributed by atoms with Crippen molar-refractivity contribution in [1.29, 1.82) is 0 Å². The molecule has 0 unspecified atom stereocenters. The van der Waals surface area contributed by atoms with E-state index in [1.54, 1.807) is 0 Å². The largest absolute Gasteiger partial charge is 0.478 e. The normalized spacial score (nSPS) is 18.4. The zero-order valence-corrected chi connectivity index (χ0v) is 11.2. The van der Waals surface area contributed by atoms with Crippen molar-refractivity contribution < 1.29 is 9.53 Å². The Morgan fingerprint density at radius 3 is 2.44 bits per heavy atom. The standard InChI is InChI=1S/C15H21NO2/c1-3-15(2,14(17)16-11-7-8-12-16)18-13-9-5-4-6-10-13/h4-6,9-10H,3,7-8,11-12H2,1-2H3/t15-/m0/s1. The molecule has 0 spiro atoms. The molecule has 2 rings (SSSR count). The third-order valence-electron chi connectivity index (χ3n) is 3.61. The maximum atomic E-state index is 12.5. The molecular formula is C15H21NO2. The molecule has 0 aromatic heterocycles. The van der Waals surface area contributed by atoms with Crippen molar-refractivity contribution >= 4 is 5.91 Å². The number of amides is 1. The summed E-state index contributed by atoms with van der Waals surface area (Å²) in [5.74, 6) is 0.876. The smallest absolute Gasteiger partial charge is 0.266 e. The van der Waals surface area contributed by atoms with Crippen LogP contribution < -0.4 is 4.74 Å². The predicted molar refractivity (Wildman–Crippen MR) is 71.6 cm³/mol. The van der Waals surface area contributed by atoms with Crippen molar-refractivity contribution in [3.8, 4) is 5.75 Å². The highest BCUT2D eigenvalue weighted by molar-refractivity contribution is 5.85. The third-order valence-corrected chi connectivity index (χ3v) is 3.61. The number of hydrogen-bond acceptors (Lipinski definition) is 2. The molecule has 3 nitrogen and oxygen atoms in total. The average molecular weight is 247 g/mol. The highest BCUT2D eigenvalue weighted by Gasteiger charge is 2.38. The number of carbonyl (C=O) groups is 1. The second kappa shape index (κ2) is 5.42. The fourth-order valence-corrected chi connectivity index (χ4v) is 2.27.